The molecule has 0 bridgehead atoms. The van der Waals surface area contributed by atoms with Gasteiger partial charge in [-0.3, -0.25) is 0 Å². The molecule has 1 aromatic rings. The van der Waals surface area contributed by atoms with E-state index in [0.717, 1.165) is 24.7 Å². The van der Waals surface area contributed by atoms with Crippen molar-refractivity contribution in [1.82, 2.24) is 9.97 Å². The van der Waals surface area contributed by atoms with Crippen molar-refractivity contribution in [1.29, 1.82) is 0 Å². The molecule has 1 aliphatic heterocycles. The van der Waals surface area contributed by atoms with Crippen molar-refractivity contribution in [2.45, 2.75) is 40.0 Å². The molecule has 1 aliphatic rings. The van der Waals surface area contributed by atoms with Crippen LogP contribution in [0.25, 0.3) is 0 Å². The van der Waals surface area contributed by atoms with Gasteiger partial charge in [-0.1, -0.05) is 31.9 Å². The Labute approximate surface area is 108 Å². The molecule has 94 valence electrons. The molecule has 4 heteroatoms. The summed E-state index contributed by atoms with van der Waals surface area (Å²) in [7, 11) is 0. The molecule has 0 saturated carbocycles. The van der Waals surface area contributed by atoms with Crippen molar-refractivity contribution in [3.63, 3.8) is 0 Å². The van der Waals surface area contributed by atoms with Gasteiger partial charge < -0.3 is 4.90 Å². The first-order valence-electron chi connectivity index (χ1n) is 6.28. The summed E-state index contributed by atoms with van der Waals surface area (Å²) in [5.41, 5.74) is 0.502. The molecular formula is C13H20ClN3. The molecule has 0 unspecified atom stereocenters. The summed E-state index contributed by atoms with van der Waals surface area (Å²) in [5, 5.41) is 0.538. The molecular weight excluding hydrogens is 234 g/mol. The van der Waals surface area contributed by atoms with E-state index in [-0.39, 0.29) is 0 Å². The first-order valence-corrected chi connectivity index (χ1v) is 6.66. The number of aryl methyl sites for hydroxylation is 1. The maximum atomic E-state index is 5.97. The minimum atomic E-state index is 0.502. The summed E-state index contributed by atoms with van der Waals surface area (Å²) in [6.45, 7) is 8.67. The Balaban J connectivity index is 2.10. The second kappa shape index (κ2) is 4.81. The number of rotatable bonds is 2. The van der Waals surface area contributed by atoms with E-state index in [1.54, 1.807) is 0 Å². The third kappa shape index (κ3) is 2.89. The highest BCUT2D eigenvalue weighted by molar-refractivity contribution is 6.29. The van der Waals surface area contributed by atoms with Crippen LogP contribution in [0, 0.1) is 12.3 Å². The third-order valence-electron chi connectivity index (χ3n) is 3.94. The van der Waals surface area contributed by atoms with Gasteiger partial charge in [0.05, 0.1) is 0 Å². The van der Waals surface area contributed by atoms with Crippen LogP contribution in [-0.4, -0.2) is 23.1 Å². The lowest BCUT2D eigenvalue weighted by molar-refractivity contribution is 0.237. The summed E-state index contributed by atoms with van der Waals surface area (Å²) in [4.78, 5) is 10.9. The number of hydrogen-bond acceptors (Lipinski definition) is 3. The van der Waals surface area contributed by atoms with Crippen LogP contribution in [0.1, 0.15) is 38.9 Å². The lowest BCUT2D eigenvalue weighted by Crippen LogP contribution is -2.38. The van der Waals surface area contributed by atoms with E-state index in [1.807, 2.05) is 13.0 Å². The van der Waals surface area contributed by atoms with Crippen LogP contribution in [0.15, 0.2) is 6.07 Å². The van der Waals surface area contributed by atoms with Crippen molar-refractivity contribution in [2.24, 2.45) is 5.41 Å². The van der Waals surface area contributed by atoms with Crippen LogP contribution in [0.4, 0.5) is 5.82 Å². The maximum Gasteiger partial charge on any atom is 0.134 e. The molecule has 0 atom stereocenters. The lowest BCUT2D eigenvalue weighted by atomic mass is 9.78. The van der Waals surface area contributed by atoms with Crippen molar-refractivity contribution < 1.29 is 0 Å². The molecule has 2 heterocycles. The standard InChI is InChI=1S/C13H20ClN3/c1-4-13(3)5-7-17(8-6-13)12-9-11(14)15-10(2)16-12/h9H,4-8H2,1-3H3. The fraction of sp³-hybridized carbons (Fsp3) is 0.692. The summed E-state index contributed by atoms with van der Waals surface area (Å²) in [6, 6.07) is 1.86. The van der Waals surface area contributed by atoms with Crippen LogP contribution in [0.3, 0.4) is 0 Å². The van der Waals surface area contributed by atoms with Gasteiger partial charge in [0.15, 0.2) is 0 Å². The number of aromatic nitrogens is 2. The molecule has 2 rings (SSSR count). The van der Waals surface area contributed by atoms with Gasteiger partial charge in [-0.25, -0.2) is 9.97 Å². The van der Waals surface area contributed by atoms with Gasteiger partial charge in [0.1, 0.15) is 16.8 Å². The summed E-state index contributed by atoms with van der Waals surface area (Å²) in [5.74, 6) is 1.72. The molecule has 0 radical (unpaired) electrons. The molecule has 3 nitrogen and oxygen atoms in total. The van der Waals surface area contributed by atoms with Gasteiger partial charge in [-0.2, -0.15) is 0 Å². The predicted octanol–water partition coefficient (Wildman–Crippen LogP) is 3.45. The zero-order chi connectivity index (χ0) is 12.5. The Bertz CT molecular complexity index is 377. The van der Waals surface area contributed by atoms with E-state index in [1.165, 1.54) is 19.3 Å². The van der Waals surface area contributed by atoms with Gasteiger partial charge in [-0.15, -0.1) is 0 Å². The predicted molar refractivity (Wildman–Crippen MR) is 71.6 cm³/mol. The lowest BCUT2D eigenvalue weighted by Gasteiger charge is -2.39. The highest BCUT2D eigenvalue weighted by Crippen LogP contribution is 2.35. The monoisotopic (exact) mass is 253 g/mol. The first kappa shape index (κ1) is 12.6. The molecule has 1 aromatic heterocycles. The van der Waals surface area contributed by atoms with E-state index in [2.05, 4.69) is 28.7 Å². The van der Waals surface area contributed by atoms with E-state index in [0.29, 0.717) is 10.6 Å². The zero-order valence-electron chi connectivity index (χ0n) is 10.8. The second-order valence-electron chi connectivity index (χ2n) is 5.25. The number of hydrogen-bond donors (Lipinski definition) is 0. The largest absolute Gasteiger partial charge is 0.356 e. The molecule has 1 saturated heterocycles. The van der Waals surface area contributed by atoms with E-state index >= 15 is 0 Å². The van der Waals surface area contributed by atoms with Gasteiger partial charge in [0.2, 0.25) is 0 Å². The fourth-order valence-corrected chi connectivity index (χ4v) is 2.53. The van der Waals surface area contributed by atoms with E-state index in [9.17, 15) is 0 Å². The summed E-state index contributed by atoms with van der Waals surface area (Å²) >= 11 is 5.97. The summed E-state index contributed by atoms with van der Waals surface area (Å²) in [6.07, 6.45) is 3.71. The minimum absolute atomic E-state index is 0.502. The van der Waals surface area contributed by atoms with Crippen molar-refractivity contribution in [2.75, 3.05) is 18.0 Å². The van der Waals surface area contributed by atoms with Gasteiger partial charge in [-0.05, 0) is 25.2 Å². The van der Waals surface area contributed by atoms with Crippen molar-refractivity contribution >= 4 is 17.4 Å². The average Bonchev–Trinajstić information content (AvgIpc) is 2.29. The number of anilines is 1. The Hall–Kier alpha value is -0.830. The minimum Gasteiger partial charge on any atom is -0.356 e. The van der Waals surface area contributed by atoms with Crippen LogP contribution in [0.5, 0.6) is 0 Å². The molecule has 0 aliphatic carbocycles. The van der Waals surface area contributed by atoms with Crippen LogP contribution >= 0.6 is 11.6 Å². The topological polar surface area (TPSA) is 29.0 Å². The van der Waals surface area contributed by atoms with Gasteiger partial charge >= 0.3 is 0 Å². The van der Waals surface area contributed by atoms with E-state index in [4.69, 9.17) is 11.6 Å². The second-order valence-corrected chi connectivity index (χ2v) is 5.63. The maximum absolute atomic E-state index is 5.97. The zero-order valence-corrected chi connectivity index (χ0v) is 11.6. The normalized spacial score (nSPS) is 19.4. The molecule has 17 heavy (non-hydrogen) atoms. The average molecular weight is 254 g/mol. The van der Waals surface area contributed by atoms with Crippen molar-refractivity contribution in [3.05, 3.63) is 17.0 Å². The smallest absolute Gasteiger partial charge is 0.134 e. The molecule has 0 spiro atoms. The Kier molecular flexibility index (Phi) is 3.57. The number of nitrogens with zero attached hydrogens (tertiary/aromatic N) is 3. The fourth-order valence-electron chi connectivity index (χ4n) is 2.31. The SMILES string of the molecule is CCC1(C)CCN(c2cc(Cl)nc(C)n2)CC1. The van der Waals surface area contributed by atoms with Crippen LogP contribution in [-0.2, 0) is 0 Å². The third-order valence-corrected chi connectivity index (χ3v) is 4.13. The molecule has 0 aromatic carbocycles. The Morgan fingerprint density at radius 1 is 1.35 bits per heavy atom. The van der Waals surface area contributed by atoms with Crippen LogP contribution in [0.2, 0.25) is 5.15 Å². The Morgan fingerprint density at radius 3 is 2.53 bits per heavy atom. The highest BCUT2D eigenvalue weighted by atomic mass is 35.5. The number of piperidine rings is 1. The Morgan fingerprint density at radius 2 is 2.00 bits per heavy atom. The van der Waals surface area contributed by atoms with Crippen LogP contribution < -0.4 is 4.90 Å². The van der Waals surface area contributed by atoms with Crippen molar-refractivity contribution in [3.8, 4) is 0 Å². The highest BCUT2D eigenvalue weighted by Gasteiger charge is 2.28. The molecule has 1 fully saturated rings. The van der Waals surface area contributed by atoms with Gasteiger partial charge in [0.25, 0.3) is 0 Å². The summed E-state index contributed by atoms with van der Waals surface area (Å²) < 4.78 is 0. The first-order chi connectivity index (χ1) is 8.02. The molecule has 0 amide bonds. The van der Waals surface area contributed by atoms with Gasteiger partial charge in [0, 0.05) is 19.2 Å². The van der Waals surface area contributed by atoms with E-state index < -0.39 is 0 Å². The quantitative estimate of drug-likeness (QED) is 0.756. The number of halogens is 1. The molecule has 0 N–H and O–H groups in total.